The van der Waals surface area contributed by atoms with Gasteiger partial charge >= 0.3 is 0 Å². The summed E-state index contributed by atoms with van der Waals surface area (Å²) in [6, 6.07) is 0.412. The van der Waals surface area contributed by atoms with Crippen molar-refractivity contribution in [1.82, 2.24) is 0 Å². The van der Waals surface area contributed by atoms with E-state index in [-0.39, 0.29) is 0 Å². The number of hydrogen-bond acceptors (Lipinski definition) is 2. The van der Waals surface area contributed by atoms with Gasteiger partial charge in [0.25, 0.3) is 0 Å². The van der Waals surface area contributed by atoms with Crippen LogP contribution >= 0.6 is 0 Å². The van der Waals surface area contributed by atoms with Gasteiger partial charge in [-0.15, -0.1) is 6.58 Å². The van der Waals surface area contributed by atoms with Crippen LogP contribution < -0.4 is 0 Å². The summed E-state index contributed by atoms with van der Waals surface area (Å²) >= 11 is 0. The van der Waals surface area contributed by atoms with Gasteiger partial charge in [0.15, 0.2) is 5.90 Å². The third-order valence-electron chi connectivity index (χ3n) is 1.71. The molecule has 0 saturated heterocycles. The van der Waals surface area contributed by atoms with Crippen molar-refractivity contribution in [3.8, 4) is 0 Å². The normalized spacial score (nSPS) is 22.6. The van der Waals surface area contributed by atoms with Gasteiger partial charge in [-0.05, 0) is 6.42 Å². The second-order valence-corrected chi connectivity index (χ2v) is 2.77. The molecule has 0 bridgehead atoms. The summed E-state index contributed by atoms with van der Waals surface area (Å²) in [4.78, 5) is 4.39. The minimum Gasteiger partial charge on any atom is -0.478 e. The first-order valence-corrected chi connectivity index (χ1v) is 4.17. The molecule has 1 aliphatic heterocycles. The monoisotopic (exact) mass is 153 g/mol. The van der Waals surface area contributed by atoms with E-state index < -0.39 is 0 Å². The van der Waals surface area contributed by atoms with Gasteiger partial charge in [-0.2, -0.15) is 0 Å². The van der Waals surface area contributed by atoms with Crippen molar-refractivity contribution in [2.24, 2.45) is 4.99 Å². The summed E-state index contributed by atoms with van der Waals surface area (Å²) in [5, 5.41) is 0. The zero-order chi connectivity index (χ0) is 8.10. The predicted octanol–water partition coefficient (Wildman–Crippen LogP) is 2.16. The fraction of sp³-hybridized carbons (Fsp3) is 0.667. The molecule has 1 atom stereocenters. The summed E-state index contributed by atoms with van der Waals surface area (Å²) in [6.45, 7) is 6.58. The fourth-order valence-corrected chi connectivity index (χ4v) is 1.19. The molecule has 62 valence electrons. The Hall–Kier alpha value is -0.790. The zero-order valence-corrected chi connectivity index (χ0v) is 7.05. The fourth-order valence-electron chi connectivity index (χ4n) is 1.19. The van der Waals surface area contributed by atoms with Crippen molar-refractivity contribution in [3.63, 3.8) is 0 Å². The maximum atomic E-state index is 5.34. The Morgan fingerprint density at radius 3 is 3.27 bits per heavy atom. The van der Waals surface area contributed by atoms with Crippen molar-refractivity contribution in [1.29, 1.82) is 0 Å². The molecule has 2 heteroatoms. The lowest BCUT2D eigenvalue weighted by Crippen LogP contribution is -2.04. The molecule has 1 heterocycles. The van der Waals surface area contributed by atoms with Gasteiger partial charge in [0.2, 0.25) is 0 Å². The molecule has 0 aliphatic carbocycles. The molecule has 0 saturated carbocycles. The van der Waals surface area contributed by atoms with E-state index in [0.717, 1.165) is 25.3 Å². The molecule has 0 aromatic heterocycles. The molecule has 1 unspecified atom stereocenters. The lowest BCUT2D eigenvalue weighted by Gasteiger charge is -1.99. The van der Waals surface area contributed by atoms with Crippen LogP contribution in [0.1, 0.15) is 26.2 Å². The quantitative estimate of drug-likeness (QED) is 0.567. The average molecular weight is 153 g/mol. The average Bonchev–Trinajstić information content (AvgIpc) is 2.38. The minimum absolute atomic E-state index is 0.412. The van der Waals surface area contributed by atoms with Crippen LogP contribution in [0.5, 0.6) is 0 Å². The first-order chi connectivity index (χ1) is 5.36. The highest BCUT2D eigenvalue weighted by Crippen LogP contribution is 2.11. The first-order valence-electron chi connectivity index (χ1n) is 4.17. The SMILES string of the molecule is C=CCC1=NC(CCC)CO1. The van der Waals surface area contributed by atoms with E-state index in [1.165, 1.54) is 6.42 Å². The van der Waals surface area contributed by atoms with Crippen LogP contribution in [0.4, 0.5) is 0 Å². The van der Waals surface area contributed by atoms with E-state index in [4.69, 9.17) is 4.74 Å². The van der Waals surface area contributed by atoms with E-state index in [1.807, 2.05) is 6.08 Å². The summed E-state index contributed by atoms with van der Waals surface area (Å²) in [5.74, 6) is 0.860. The predicted molar refractivity (Wildman–Crippen MR) is 46.9 cm³/mol. The lowest BCUT2D eigenvalue weighted by atomic mass is 10.2. The van der Waals surface area contributed by atoms with Crippen LogP contribution in [0.3, 0.4) is 0 Å². The highest BCUT2D eigenvalue weighted by atomic mass is 16.5. The molecule has 0 radical (unpaired) electrons. The lowest BCUT2D eigenvalue weighted by molar-refractivity contribution is 0.306. The second-order valence-electron chi connectivity index (χ2n) is 2.77. The number of nitrogens with zero attached hydrogens (tertiary/aromatic N) is 1. The molecule has 0 aromatic rings. The Labute approximate surface area is 68.0 Å². The summed E-state index contributed by atoms with van der Waals surface area (Å²) in [5.41, 5.74) is 0. The highest BCUT2D eigenvalue weighted by Gasteiger charge is 2.15. The molecule has 11 heavy (non-hydrogen) atoms. The Bertz CT molecular complexity index is 163. The van der Waals surface area contributed by atoms with Crippen molar-refractivity contribution < 1.29 is 4.74 Å². The number of ether oxygens (including phenoxy) is 1. The Morgan fingerprint density at radius 2 is 2.64 bits per heavy atom. The maximum Gasteiger partial charge on any atom is 0.187 e. The van der Waals surface area contributed by atoms with E-state index in [0.29, 0.717) is 6.04 Å². The molecule has 0 aromatic carbocycles. The number of aliphatic imine (C=N–C) groups is 1. The number of rotatable bonds is 4. The van der Waals surface area contributed by atoms with Crippen LogP contribution in [0.15, 0.2) is 17.6 Å². The van der Waals surface area contributed by atoms with E-state index in [2.05, 4.69) is 18.5 Å². The third kappa shape index (κ3) is 2.37. The largest absolute Gasteiger partial charge is 0.478 e. The van der Waals surface area contributed by atoms with Crippen molar-refractivity contribution in [2.45, 2.75) is 32.2 Å². The minimum atomic E-state index is 0.412. The van der Waals surface area contributed by atoms with Gasteiger partial charge in [0.1, 0.15) is 6.61 Å². The van der Waals surface area contributed by atoms with E-state index in [9.17, 15) is 0 Å². The van der Waals surface area contributed by atoms with Crippen LogP contribution in [0.2, 0.25) is 0 Å². The molecule has 0 amide bonds. The standard InChI is InChI=1S/C9H15NO/c1-3-5-8-7-11-9(10-8)6-4-2/h4,8H,2-3,5-7H2,1H3. The summed E-state index contributed by atoms with van der Waals surface area (Å²) < 4.78 is 5.34. The van der Waals surface area contributed by atoms with Gasteiger partial charge in [-0.25, -0.2) is 4.99 Å². The van der Waals surface area contributed by atoms with Gasteiger partial charge in [-0.3, -0.25) is 0 Å². The molecule has 2 nitrogen and oxygen atoms in total. The van der Waals surface area contributed by atoms with Crippen LogP contribution in [-0.4, -0.2) is 18.5 Å². The summed E-state index contributed by atoms with van der Waals surface area (Å²) in [7, 11) is 0. The molecule has 1 aliphatic rings. The van der Waals surface area contributed by atoms with Gasteiger partial charge in [0, 0.05) is 6.42 Å². The highest BCUT2D eigenvalue weighted by molar-refractivity contribution is 5.78. The van der Waals surface area contributed by atoms with E-state index >= 15 is 0 Å². The molecule has 0 fully saturated rings. The molecular weight excluding hydrogens is 138 g/mol. The van der Waals surface area contributed by atoms with Gasteiger partial charge in [0.05, 0.1) is 6.04 Å². The molecule has 0 N–H and O–H groups in total. The second kappa shape index (κ2) is 4.16. The first kappa shape index (κ1) is 8.31. The van der Waals surface area contributed by atoms with E-state index in [1.54, 1.807) is 0 Å². The zero-order valence-electron chi connectivity index (χ0n) is 7.05. The molecule has 0 spiro atoms. The Kier molecular flexibility index (Phi) is 3.14. The Balaban J connectivity index is 2.34. The van der Waals surface area contributed by atoms with Gasteiger partial charge < -0.3 is 4.74 Å². The summed E-state index contributed by atoms with van der Waals surface area (Å²) in [6.07, 6.45) is 4.92. The number of hydrogen-bond donors (Lipinski definition) is 0. The van der Waals surface area contributed by atoms with Gasteiger partial charge in [-0.1, -0.05) is 19.4 Å². The topological polar surface area (TPSA) is 21.6 Å². The van der Waals surface area contributed by atoms with Crippen LogP contribution in [-0.2, 0) is 4.74 Å². The third-order valence-corrected chi connectivity index (χ3v) is 1.71. The van der Waals surface area contributed by atoms with Crippen LogP contribution in [0.25, 0.3) is 0 Å². The van der Waals surface area contributed by atoms with Crippen LogP contribution in [0, 0.1) is 0 Å². The van der Waals surface area contributed by atoms with Crippen molar-refractivity contribution >= 4 is 5.90 Å². The molecular formula is C9H15NO. The maximum absolute atomic E-state index is 5.34. The smallest absolute Gasteiger partial charge is 0.187 e. The Morgan fingerprint density at radius 1 is 1.82 bits per heavy atom. The molecule has 1 rings (SSSR count). The van der Waals surface area contributed by atoms with Crippen molar-refractivity contribution in [3.05, 3.63) is 12.7 Å². The van der Waals surface area contributed by atoms with Crippen molar-refractivity contribution in [2.75, 3.05) is 6.61 Å².